The highest BCUT2D eigenvalue weighted by Crippen LogP contribution is 2.54. The fourth-order valence-corrected chi connectivity index (χ4v) is 6.33. The minimum Gasteiger partial charge on any atom is -0.492 e. The summed E-state index contributed by atoms with van der Waals surface area (Å²) in [4.78, 5) is 2.47. The van der Waals surface area contributed by atoms with Gasteiger partial charge in [-0.05, 0) is 52.2 Å². The fraction of sp³-hybridized carbons (Fsp3) is 0.200. The third-order valence-corrected chi connectivity index (χ3v) is 7.91. The third-order valence-electron chi connectivity index (χ3n) is 6.66. The van der Waals surface area contributed by atoms with Crippen molar-refractivity contribution in [2.24, 2.45) is 0 Å². The Bertz CT molecular complexity index is 1370. The molecule has 1 atom stereocenters. The molecule has 0 N–H and O–H groups in total. The first-order valence-corrected chi connectivity index (χ1v) is 11.5. The molecule has 3 aliphatic rings. The van der Waals surface area contributed by atoms with Gasteiger partial charge in [-0.3, -0.25) is 0 Å². The van der Waals surface area contributed by atoms with Crippen LogP contribution in [0.3, 0.4) is 0 Å². The minimum absolute atomic E-state index is 0.212. The van der Waals surface area contributed by atoms with E-state index in [4.69, 9.17) is 25.8 Å². The molecule has 0 saturated heterocycles. The van der Waals surface area contributed by atoms with Crippen LogP contribution in [-0.2, 0) is 12.0 Å². The van der Waals surface area contributed by atoms with E-state index in [2.05, 4.69) is 52.7 Å². The first-order chi connectivity index (χ1) is 15.2. The van der Waals surface area contributed by atoms with Crippen LogP contribution in [0.5, 0.6) is 17.2 Å². The topological polar surface area (TPSA) is 30.9 Å². The van der Waals surface area contributed by atoms with Crippen LogP contribution in [0, 0.1) is 0 Å². The highest BCUT2D eigenvalue weighted by Gasteiger charge is 2.50. The summed E-state index contributed by atoms with van der Waals surface area (Å²) in [7, 11) is 0. The number of rotatable bonds is 2. The zero-order valence-electron chi connectivity index (χ0n) is 16.6. The summed E-state index contributed by atoms with van der Waals surface area (Å²) in [6.45, 7) is 2.58. The van der Waals surface area contributed by atoms with Gasteiger partial charge in [0.25, 0.3) is 0 Å². The van der Waals surface area contributed by atoms with E-state index in [1.165, 1.54) is 32.5 Å². The molecule has 0 amide bonds. The van der Waals surface area contributed by atoms with Crippen LogP contribution in [-0.4, -0.2) is 19.9 Å². The zero-order valence-corrected chi connectivity index (χ0v) is 18.1. The van der Waals surface area contributed by atoms with Crippen LogP contribution in [0.15, 0.2) is 60.0 Å². The van der Waals surface area contributed by atoms with Crippen LogP contribution >= 0.6 is 22.9 Å². The van der Waals surface area contributed by atoms with Gasteiger partial charge in [-0.1, -0.05) is 29.8 Å². The largest absolute Gasteiger partial charge is 0.492 e. The Labute approximate surface area is 188 Å². The van der Waals surface area contributed by atoms with Gasteiger partial charge >= 0.3 is 0 Å². The Kier molecular flexibility index (Phi) is 3.62. The molecule has 1 unspecified atom stereocenters. The van der Waals surface area contributed by atoms with Gasteiger partial charge in [0.1, 0.15) is 12.4 Å². The molecule has 7 rings (SSSR count). The fourth-order valence-electron chi connectivity index (χ4n) is 5.22. The minimum atomic E-state index is -0.212. The third kappa shape index (κ3) is 2.47. The molecule has 0 fully saturated rings. The number of para-hydroxylation sites is 1. The van der Waals surface area contributed by atoms with Gasteiger partial charge in [0.2, 0.25) is 6.79 Å². The quantitative estimate of drug-likeness (QED) is 0.378. The van der Waals surface area contributed by atoms with E-state index in [1.54, 1.807) is 11.3 Å². The molecule has 0 bridgehead atoms. The predicted molar refractivity (Wildman–Crippen MR) is 123 cm³/mol. The number of fused-ring (bicyclic) bond motifs is 6. The molecule has 3 aliphatic heterocycles. The van der Waals surface area contributed by atoms with Crippen molar-refractivity contribution in [1.29, 1.82) is 0 Å². The second-order valence-electron chi connectivity index (χ2n) is 8.35. The molecule has 1 aromatic heterocycles. The van der Waals surface area contributed by atoms with Crippen LogP contribution in [0.4, 0.5) is 5.69 Å². The Hall–Kier alpha value is -2.89. The summed E-state index contributed by atoms with van der Waals surface area (Å²) in [6, 6.07) is 18.9. The SMILES string of the molecule is Clc1ccc2scc(CN3CC4(COc5cc6c(cc54)OCO6)c4ccccc43)c2c1. The van der Waals surface area contributed by atoms with Crippen molar-refractivity contribution in [2.45, 2.75) is 12.0 Å². The van der Waals surface area contributed by atoms with Crippen molar-refractivity contribution in [3.8, 4) is 17.2 Å². The lowest BCUT2D eigenvalue weighted by molar-refractivity contribution is 0.173. The number of ether oxygens (including phenoxy) is 3. The number of hydrogen-bond acceptors (Lipinski definition) is 5. The maximum Gasteiger partial charge on any atom is 0.231 e. The average molecular weight is 448 g/mol. The van der Waals surface area contributed by atoms with Crippen LogP contribution in [0.25, 0.3) is 10.1 Å². The van der Waals surface area contributed by atoms with E-state index in [0.29, 0.717) is 6.61 Å². The van der Waals surface area contributed by atoms with Crippen molar-refractivity contribution in [3.05, 3.63) is 81.7 Å². The zero-order chi connectivity index (χ0) is 20.6. The van der Waals surface area contributed by atoms with Gasteiger partial charge in [0, 0.05) is 40.1 Å². The molecule has 31 heavy (non-hydrogen) atoms. The maximum absolute atomic E-state index is 6.30. The summed E-state index contributed by atoms with van der Waals surface area (Å²) in [5, 5.41) is 4.27. The van der Waals surface area contributed by atoms with Crippen molar-refractivity contribution in [1.82, 2.24) is 0 Å². The van der Waals surface area contributed by atoms with E-state index in [-0.39, 0.29) is 12.2 Å². The standard InChI is InChI=1S/C25H18ClNO3S/c26-16-5-6-24-17(7-16)15(11-31-24)10-27-12-25(18-3-1-2-4-20(18)27)13-28-21-9-23-22(8-19(21)25)29-14-30-23/h1-9,11H,10,12-14H2. The normalized spacial score (nSPS) is 20.4. The Morgan fingerprint density at radius 3 is 2.74 bits per heavy atom. The van der Waals surface area contributed by atoms with Gasteiger partial charge in [-0.2, -0.15) is 0 Å². The summed E-state index contributed by atoms with van der Waals surface area (Å²) in [6.07, 6.45) is 0. The van der Waals surface area contributed by atoms with Crippen molar-refractivity contribution < 1.29 is 14.2 Å². The molecule has 4 nitrogen and oxygen atoms in total. The van der Waals surface area contributed by atoms with E-state index < -0.39 is 0 Å². The molecular weight excluding hydrogens is 430 g/mol. The Morgan fingerprint density at radius 2 is 1.81 bits per heavy atom. The maximum atomic E-state index is 6.30. The molecule has 154 valence electrons. The highest BCUT2D eigenvalue weighted by atomic mass is 35.5. The van der Waals surface area contributed by atoms with Crippen molar-refractivity contribution in [2.75, 3.05) is 24.8 Å². The van der Waals surface area contributed by atoms with Crippen molar-refractivity contribution >= 4 is 38.7 Å². The monoisotopic (exact) mass is 447 g/mol. The lowest BCUT2D eigenvalue weighted by Gasteiger charge is -2.25. The first-order valence-electron chi connectivity index (χ1n) is 10.3. The van der Waals surface area contributed by atoms with Gasteiger partial charge in [-0.15, -0.1) is 11.3 Å². The second kappa shape index (κ2) is 6.31. The number of anilines is 1. The number of thiophene rings is 1. The molecule has 4 heterocycles. The van der Waals surface area contributed by atoms with Crippen LogP contribution in [0.2, 0.25) is 5.02 Å². The molecule has 3 aromatic carbocycles. The van der Waals surface area contributed by atoms with Gasteiger partial charge in [0.05, 0.1) is 5.41 Å². The van der Waals surface area contributed by atoms with Gasteiger partial charge in [-0.25, -0.2) is 0 Å². The number of halogens is 1. The molecular formula is C25H18ClNO3S. The first kappa shape index (κ1) is 17.8. The molecule has 0 radical (unpaired) electrons. The highest BCUT2D eigenvalue weighted by molar-refractivity contribution is 7.17. The molecule has 6 heteroatoms. The summed E-state index contributed by atoms with van der Waals surface area (Å²) >= 11 is 8.07. The number of benzene rings is 3. The number of nitrogens with zero attached hydrogens (tertiary/aromatic N) is 1. The summed E-state index contributed by atoms with van der Waals surface area (Å²) in [5.41, 5.74) is 4.85. The van der Waals surface area contributed by atoms with E-state index in [9.17, 15) is 0 Å². The van der Waals surface area contributed by atoms with E-state index in [0.717, 1.165) is 35.4 Å². The van der Waals surface area contributed by atoms with E-state index >= 15 is 0 Å². The molecule has 0 saturated carbocycles. The molecule has 1 spiro atoms. The second-order valence-corrected chi connectivity index (χ2v) is 9.69. The summed E-state index contributed by atoms with van der Waals surface area (Å²) in [5.74, 6) is 2.47. The van der Waals surface area contributed by atoms with Crippen molar-refractivity contribution in [3.63, 3.8) is 0 Å². The predicted octanol–water partition coefficient (Wildman–Crippen LogP) is 5.98. The summed E-state index contributed by atoms with van der Waals surface area (Å²) < 4.78 is 18.7. The molecule has 0 aliphatic carbocycles. The Balaban J connectivity index is 1.33. The lowest BCUT2D eigenvalue weighted by Crippen LogP contribution is -2.35. The number of hydrogen-bond donors (Lipinski definition) is 0. The van der Waals surface area contributed by atoms with Gasteiger partial charge < -0.3 is 19.1 Å². The molecule has 4 aromatic rings. The smallest absolute Gasteiger partial charge is 0.231 e. The lowest BCUT2D eigenvalue weighted by atomic mass is 9.77. The van der Waals surface area contributed by atoms with Gasteiger partial charge in [0.15, 0.2) is 11.5 Å². The van der Waals surface area contributed by atoms with Crippen LogP contribution in [0.1, 0.15) is 16.7 Å². The van der Waals surface area contributed by atoms with E-state index in [1.807, 2.05) is 12.1 Å². The average Bonchev–Trinajstić information content (AvgIpc) is 3.55. The Morgan fingerprint density at radius 1 is 0.935 bits per heavy atom. The van der Waals surface area contributed by atoms with Crippen LogP contribution < -0.4 is 19.1 Å².